The topological polar surface area (TPSA) is 96.4 Å². The van der Waals surface area contributed by atoms with Crippen LogP contribution < -0.4 is 4.90 Å². The van der Waals surface area contributed by atoms with E-state index in [0.717, 1.165) is 0 Å². The number of rotatable bonds is 11. The van der Waals surface area contributed by atoms with Crippen molar-refractivity contribution >= 4 is 51.0 Å². The number of aliphatic hydroxyl groups excluding tert-OH is 1. The average molecular weight is 596 g/mol. The Kier molecular flexibility index (Phi) is 8.48. The molecule has 0 aliphatic carbocycles. The van der Waals surface area contributed by atoms with Gasteiger partial charge >= 0.3 is 5.97 Å². The van der Waals surface area contributed by atoms with Crippen LogP contribution in [0.5, 0.6) is 0 Å². The molecule has 0 saturated carbocycles. The van der Waals surface area contributed by atoms with Crippen LogP contribution in [-0.2, 0) is 23.9 Å². The van der Waals surface area contributed by atoms with Crippen molar-refractivity contribution in [2.45, 2.75) is 54.8 Å². The zero-order valence-electron chi connectivity index (χ0n) is 20.7. The second-order valence-electron chi connectivity index (χ2n) is 9.61. The minimum absolute atomic E-state index is 0.149. The molecule has 7 atom stereocenters. The number of alkyl halides is 1. The lowest BCUT2D eigenvalue weighted by Gasteiger charge is -2.39. The number of esters is 1. The largest absolute Gasteiger partial charge is 0.465 e. The first-order valence-corrected chi connectivity index (χ1v) is 13.7. The molecule has 0 aromatic heterocycles. The number of likely N-dealkylation sites (tertiary alicyclic amines) is 1. The van der Waals surface area contributed by atoms with E-state index in [2.05, 4.69) is 29.1 Å². The molecule has 10 heteroatoms. The number of aliphatic hydroxyl groups is 1. The Balaban J connectivity index is 1.79. The standard InChI is InChI=1S/C27H32BrClN2O6/c1-4-7-13-36-26(35)20-21-24(33)31(17(6-3)15-32)23(27(21)14-19(28)22(20)37-27)25(34)30(12-5-2)18-10-8-16(29)9-11-18/h4-5,8-11,17,19-23,32H,1-2,6-7,12-15H2,3H3/t17-,19?,20+,21-,22+,23?,27?/m0/s1. The van der Waals surface area contributed by atoms with Crippen molar-refractivity contribution in [3.8, 4) is 0 Å². The molecule has 1 aromatic rings. The summed E-state index contributed by atoms with van der Waals surface area (Å²) in [6.07, 6.45) is 3.91. The molecule has 0 radical (unpaired) electrons. The zero-order chi connectivity index (χ0) is 26.9. The number of fused-ring (bicyclic) bond motifs is 1. The first kappa shape index (κ1) is 27.8. The third kappa shape index (κ3) is 4.64. The van der Waals surface area contributed by atoms with Crippen LogP contribution in [0.15, 0.2) is 49.6 Å². The molecule has 1 aromatic carbocycles. The maximum Gasteiger partial charge on any atom is 0.312 e. The van der Waals surface area contributed by atoms with E-state index in [1.165, 1.54) is 9.80 Å². The molecule has 4 rings (SSSR count). The maximum atomic E-state index is 14.4. The fourth-order valence-corrected chi connectivity index (χ4v) is 7.05. The molecular formula is C27H32BrClN2O6. The van der Waals surface area contributed by atoms with E-state index < -0.39 is 41.6 Å². The van der Waals surface area contributed by atoms with Gasteiger partial charge in [0.25, 0.3) is 5.91 Å². The van der Waals surface area contributed by atoms with Crippen molar-refractivity contribution in [1.29, 1.82) is 0 Å². The van der Waals surface area contributed by atoms with E-state index in [1.807, 2.05) is 6.92 Å². The summed E-state index contributed by atoms with van der Waals surface area (Å²) in [5.41, 5.74) is -0.661. The number of carbonyl (C=O) groups excluding carboxylic acids is 3. The summed E-state index contributed by atoms with van der Waals surface area (Å²) in [5.74, 6) is -3.03. The van der Waals surface area contributed by atoms with E-state index in [0.29, 0.717) is 30.0 Å². The molecule has 3 saturated heterocycles. The van der Waals surface area contributed by atoms with Crippen molar-refractivity contribution in [3.05, 3.63) is 54.6 Å². The highest BCUT2D eigenvalue weighted by atomic mass is 79.9. The number of halogens is 2. The highest BCUT2D eigenvalue weighted by molar-refractivity contribution is 9.09. The molecule has 200 valence electrons. The molecule has 3 unspecified atom stereocenters. The van der Waals surface area contributed by atoms with Gasteiger partial charge in [-0.1, -0.05) is 46.6 Å². The average Bonchev–Trinajstić information content (AvgIpc) is 3.47. The van der Waals surface area contributed by atoms with Crippen molar-refractivity contribution in [2.75, 3.05) is 24.7 Å². The summed E-state index contributed by atoms with van der Waals surface area (Å²) in [7, 11) is 0. The third-order valence-corrected chi connectivity index (χ3v) is 8.69. The van der Waals surface area contributed by atoms with Gasteiger partial charge < -0.3 is 24.4 Å². The number of nitrogens with zero attached hydrogens (tertiary/aromatic N) is 2. The monoisotopic (exact) mass is 594 g/mol. The van der Waals surface area contributed by atoms with Gasteiger partial charge in [-0.15, -0.1) is 13.2 Å². The Morgan fingerprint density at radius 3 is 2.65 bits per heavy atom. The number of benzene rings is 1. The Labute approximate surface area is 230 Å². The first-order chi connectivity index (χ1) is 17.7. The zero-order valence-corrected chi connectivity index (χ0v) is 23.1. The summed E-state index contributed by atoms with van der Waals surface area (Å²) in [6, 6.07) is 5.15. The fourth-order valence-electron chi connectivity index (χ4n) is 5.98. The number of amides is 2. The fraction of sp³-hybridized carbons (Fsp3) is 0.519. The van der Waals surface area contributed by atoms with Crippen LogP contribution in [0.2, 0.25) is 5.02 Å². The summed E-state index contributed by atoms with van der Waals surface area (Å²) >= 11 is 9.71. The van der Waals surface area contributed by atoms with Gasteiger partial charge in [-0.05, 0) is 43.5 Å². The molecular weight excluding hydrogens is 564 g/mol. The summed E-state index contributed by atoms with van der Waals surface area (Å²) < 4.78 is 12.0. The lowest BCUT2D eigenvalue weighted by atomic mass is 9.70. The van der Waals surface area contributed by atoms with Crippen LogP contribution in [0.3, 0.4) is 0 Å². The van der Waals surface area contributed by atoms with Gasteiger partial charge in [-0.2, -0.15) is 0 Å². The van der Waals surface area contributed by atoms with Crippen molar-refractivity contribution in [2.24, 2.45) is 11.8 Å². The lowest BCUT2D eigenvalue weighted by molar-refractivity contribution is -0.155. The van der Waals surface area contributed by atoms with Gasteiger partial charge in [0.2, 0.25) is 5.91 Å². The Hall–Kier alpha value is -2.20. The quantitative estimate of drug-likeness (QED) is 0.182. The molecule has 1 spiro atoms. The highest BCUT2D eigenvalue weighted by Crippen LogP contribution is 2.60. The third-order valence-electron chi connectivity index (χ3n) is 7.59. The molecule has 3 heterocycles. The molecule has 3 aliphatic heterocycles. The second-order valence-corrected chi connectivity index (χ2v) is 11.2. The normalized spacial score (nSPS) is 30.6. The predicted molar refractivity (Wildman–Crippen MR) is 143 cm³/mol. The van der Waals surface area contributed by atoms with Crippen LogP contribution in [0.1, 0.15) is 26.2 Å². The number of ether oxygens (including phenoxy) is 2. The SMILES string of the molecule is C=CCCOC(=O)[C@H]1[C@@H]2OC3(CC2Br)C(C(=O)N(CC=C)c2ccc(Cl)cc2)N([C@@H](CC)CO)C(=O)[C@H]13. The van der Waals surface area contributed by atoms with Crippen LogP contribution in [0, 0.1) is 11.8 Å². The smallest absolute Gasteiger partial charge is 0.312 e. The summed E-state index contributed by atoms with van der Waals surface area (Å²) in [4.78, 5) is 44.4. The molecule has 3 fully saturated rings. The van der Waals surface area contributed by atoms with E-state index in [9.17, 15) is 19.5 Å². The van der Waals surface area contributed by atoms with E-state index >= 15 is 0 Å². The summed E-state index contributed by atoms with van der Waals surface area (Å²) in [5, 5.41) is 10.7. The highest BCUT2D eigenvalue weighted by Gasteiger charge is 2.77. The molecule has 2 amide bonds. The van der Waals surface area contributed by atoms with Gasteiger partial charge in [-0.25, -0.2) is 0 Å². The molecule has 8 nitrogen and oxygen atoms in total. The Bertz CT molecular complexity index is 1060. The summed E-state index contributed by atoms with van der Waals surface area (Å²) in [6.45, 7) is 9.29. The van der Waals surface area contributed by atoms with Crippen molar-refractivity contribution in [3.63, 3.8) is 0 Å². The van der Waals surface area contributed by atoms with Crippen LogP contribution in [0.4, 0.5) is 5.69 Å². The van der Waals surface area contributed by atoms with Crippen LogP contribution >= 0.6 is 27.5 Å². The molecule has 3 aliphatic rings. The predicted octanol–water partition coefficient (Wildman–Crippen LogP) is 3.50. The van der Waals surface area contributed by atoms with Crippen molar-refractivity contribution < 1.29 is 29.0 Å². The molecule has 2 bridgehead atoms. The second kappa shape index (κ2) is 11.3. The first-order valence-electron chi connectivity index (χ1n) is 12.5. The van der Waals surface area contributed by atoms with E-state index in [1.54, 1.807) is 36.4 Å². The number of carbonyl (C=O) groups is 3. The minimum atomic E-state index is -1.25. The Morgan fingerprint density at radius 1 is 1.35 bits per heavy atom. The number of anilines is 1. The Morgan fingerprint density at radius 2 is 2.05 bits per heavy atom. The molecule has 37 heavy (non-hydrogen) atoms. The molecule has 1 N–H and O–H groups in total. The van der Waals surface area contributed by atoms with Crippen molar-refractivity contribution in [1.82, 2.24) is 4.90 Å². The maximum absolute atomic E-state index is 14.4. The van der Waals surface area contributed by atoms with Gasteiger partial charge in [0.05, 0.1) is 37.2 Å². The van der Waals surface area contributed by atoms with Gasteiger partial charge in [0.1, 0.15) is 11.6 Å². The van der Waals surface area contributed by atoms with Crippen LogP contribution in [0.25, 0.3) is 0 Å². The number of hydrogen-bond acceptors (Lipinski definition) is 6. The van der Waals surface area contributed by atoms with E-state index in [-0.39, 0.29) is 36.4 Å². The van der Waals surface area contributed by atoms with Gasteiger partial charge in [0, 0.05) is 22.1 Å². The van der Waals surface area contributed by atoms with Gasteiger partial charge in [-0.3, -0.25) is 14.4 Å². The lowest BCUT2D eigenvalue weighted by Crippen LogP contribution is -2.59. The minimum Gasteiger partial charge on any atom is -0.465 e. The van der Waals surface area contributed by atoms with Crippen LogP contribution in [-0.4, -0.2) is 76.2 Å². The van der Waals surface area contributed by atoms with E-state index in [4.69, 9.17) is 21.1 Å². The van der Waals surface area contributed by atoms with Gasteiger partial charge in [0.15, 0.2) is 0 Å². The number of hydrogen-bond donors (Lipinski definition) is 1.